The molecule has 0 fully saturated rings. The van der Waals surface area contributed by atoms with Gasteiger partial charge in [-0.3, -0.25) is 0 Å². The molecule has 1 nitrogen and oxygen atoms in total. The fourth-order valence-corrected chi connectivity index (χ4v) is 2.11. The van der Waals surface area contributed by atoms with Gasteiger partial charge < -0.3 is 28.5 Å². The van der Waals surface area contributed by atoms with Crippen molar-refractivity contribution in [2.75, 3.05) is 32.0 Å². The predicted octanol–water partition coefficient (Wildman–Crippen LogP) is 0.822. The molecule has 94 valence electrons. The van der Waals surface area contributed by atoms with Crippen molar-refractivity contribution >= 4 is 15.9 Å². The molecule has 0 aliphatic rings. The minimum Gasteiger partial charge on any atom is -1.00 e. The van der Waals surface area contributed by atoms with E-state index in [9.17, 15) is 0 Å². The molecule has 0 aromatic heterocycles. The number of hydrogen-bond acceptors (Lipinski definition) is 0. The molecule has 0 aromatic carbocycles. The number of quaternary nitrogens is 1. The molecular weight excluding hydrogens is 365 g/mol. The summed E-state index contributed by atoms with van der Waals surface area (Å²) >= 11 is 3.53. The first-order chi connectivity index (χ1) is 6.68. The van der Waals surface area contributed by atoms with Gasteiger partial charge in [-0.05, 0) is 12.8 Å². The summed E-state index contributed by atoms with van der Waals surface area (Å²) in [6.07, 6.45) is 6.72. The highest BCUT2D eigenvalue weighted by Gasteiger charge is 2.18. The van der Waals surface area contributed by atoms with Crippen LogP contribution in [0.1, 0.15) is 46.0 Å². The van der Waals surface area contributed by atoms with E-state index in [1.54, 1.807) is 0 Å². The van der Waals surface area contributed by atoms with Crippen LogP contribution in [0.4, 0.5) is 0 Å². The topological polar surface area (TPSA) is 0 Å². The lowest BCUT2D eigenvalue weighted by Crippen LogP contribution is -3.00. The van der Waals surface area contributed by atoms with Gasteiger partial charge in [-0.25, -0.2) is 0 Å². The third-order valence-corrected chi connectivity index (χ3v) is 3.50. The molecule has 0 bridgehead atoms. The Bertz CT molecular complexity index is 109. The zero-order chi connectivity index (χ0) is 10.9. The summed E-state index contributed by atoms with van der Waals surface area (Å²) in [7, 11) is 2.42. The molecule has 0 radical (unpaired) electrons. The lowest BCUT2D eigenvalue weighted by molar-refractivity contribution is -0.910. The molecule has 0 spiro atoms. The first-order valence-electron chi connectivity index (χ1n) is 6.08. The Morgan fingerprint density at radius 2 is 1.27 bits per heavy atom. The molecular formula is C12H27BrIN. The summed E-state index contributed by atoms with van der Waals surface area (Å²) in [6, 6.07) is 0. The minimum atomic E-state index is 0. The molecule has 3 heteroatoms. The van der Waals surface area contributed by atoms with Crippen LogP contribution in [0, 0.1) is 0 Å². The van der Waals surface area contributed by atoms with Crippen LogP contribution in [0.3, 0.4) is 0 Å². The van der Waals surface area contributed by atoms with Gasteiger partial charge in [-0.2, -0.15) is 0 Å². The van der Waals surface area contributed by atoms with Gasteiger partial charge in [-0.1, -0.05) is 42.6 Å². The lowest BCUT2D eigenvalue weighted by Gasteiger charge is -2.34. The van der Waals surface area contributed by atoms with Gasteiger partial charge in [0, 0.05) is 11.8 Å². The normalized spacial score (nSPS) is 11.2. The quantitative estimate of drug-likeness (QED) is 0.310. The molecule has 0 atom stereocenters. The molecule has 0 saturated heterocycles. The molecule has 0 saturated carbocycles. The smallest absolute Gasteiger partial charge is 0.0792 e. The summed E-state index contributed by atoms with van der Waals surface area (Å²) in [4.78, 5) is 0. The van der Waals surface area contributed by atoms with Crippen molar-refractivity contribution in [2.45, 2.75) is 46.0 Å². The standard InChI is InChI=1S/C12H27BrN.HI/c1-4-6-10-14(3,11-7-5-2)12-8-9-13;/h4-12H2,1-3H3;1H/q+1;/p-1. The Kier molecular flexibility index (Phi) is 14.4. The zero-order valence-electron chi connectivity index (χ0n) is 10.6. The number of hydrogen-bond donors (Lipinski definition) is 0. The second-order valence-electron chi connectivity index (χ2n) is 4.54. The van der Waals surface area contributed by atoms with Crippen molar-refractivity contribution in [2.24, 2.45) is 0 Å². The second-order valence-corrected chi connectivity index (χ2v) is 5.33. The number of halogens is 2. The van der Waals surface area contributed by atoms with Gasteiger partial charge in [0.25, 0.3) is 0 Å². The molecule has 0 heterocycles. The maximum absolute atomic E-state index is 3.53. The van der Waals surface area contributed by atoms with E-state index >= 15 is 0 Å². The average Bonchev–Trinajstić information content (AvgIpc) is 2.21. The summed E-state index contributed by atoms with van der Waals surface area (Å²) in [5.41, 5.74) is 0. The van der Waals surface area contributed by atoms with Gasteiger partial charge in [0.2, 0.25) is 0 Å². The maximum atomic E-state index is 3.53. The van der Waals surface area contributed by atoms with E-state index in [0.29, 0.717) is 0 Å². The minimum absolute atomic E-state index is 0. The summed E-state index contributed by atoms with van der Waals surface area (Å²) in [5.74, 6) is 0. The second kappa shape index (κ2) is 11.6. The highest BCUT2D eigenvalue weighted by atomic mass is 127. The average molecular weight is 392 g/mol. The van der Waals surface area contributed by atoms with Crippen LogP contribution in [-0.2, 0) is 0 Å². The van der Waals surface area contributed by atoms with Crippen molar-refractivity contribution < 1.29 is 28.5 Å². The summed E-state index contributed by atoms with van der Waals surface area (Å²) in [5, 5.41) is 1.15. The largest absolute Gasteiger partial charge is 1.00 e. The van der Waals surface area contributed by atoms with Crippen molar-refractivity contribution in [1.29, 1.82) is 0 Å². The van der Waals surface area contributed by atoms with Crippen LogP contribution in [0.25, 0.3) is 0 Å². The van der Waals surface area contributed by atoms with Crippen molar-refractivity contribution in [3.63, 3.8) is 0 Å². The molecule has 0 rings (SSSR count). The lowest BCUT2D eigenvalue weighted by atomic mass is 10.2. The van der Waals surface area contributed by atoms with Crippen LogP contribution in [0.15, 0.2) is 0 Å². The number of unbranched alkanes of at least 4 members (excludes halogenated alkanes) is 2. The first-order valence-corrected chi connectivity index (χ1v) is 7.20. The van der Waals surface area contributed by atoms with Crippen LogP contribution in [0.5, 0.6) is 0 Å². The monoisotopic (exact) mass is 391 g/mol. The SMILES string of the molecule is CCCC[N+](C)(CCCC)CCCBr.[I-]. The van der Waals surface area contributed by atoms with Gasteiger partial charge in [0.15, 0.2) is 0 Å². The van der Waals surface area contributed by atoms with E-state index in [0.717, 1.165) is 5.33 Å². The Morgan fingerprint density at radius 3 is 1.60 bits per heavy atom. The van der Waals surface area contributed by atoms with Crippen LogP contribution in [0.2, 0.25) is 0 Å². The first kappa shape index (κ1) is 18.5. The Balaban J connectivity index is 0. The summed E-state index contributed by atoms with van der Waals surface area (Å²) < 4.78 is 1.28. The van der Waals surface area contributed by atoms with E-state index < -0.39 is 0 Å². The molecule has 0 aromatic rings. The fourth-order valence-electron chi connectivity index (χ4n) is 1.86. The number of nitrogens with zero attached hydrogens (tertiary/aromatic N) is 1. The van der Waals surface area contributed by atoms with Crippen LogP contribution in [-0.4, -0.2) is 36.5 Å². The van der Waals surface area contributed by atoms with Crippen LogP contribution >= 0.6 is 15.9 Å². The van der Waals surface area contributed by atoms with Gasteiger partial charge in [0.05, 0.1) is 26.7 Å². The molecule has 0 unspecified atom stereocenters. The number of alkyl halides is 1. The van der Waals surface area contributed by atoms with Gasteiger partial charge in [-0.15, -0.1) is 0 Å². The molecule has 0 aliphatic carbocycles. The molecule has 0 N–H and O–H groups in total. The Hall–Kier alpha value is 1.17. The van der Waals surface area contributed by atoms with Gasteiger partial charge in [0.1, 0.15) is 0 Å². The van der Waals surface area contributed by atoms with E-state index in [1.165, 1.54) is 56.2 Å². The fraction of sp³-hybridized carbons (Fsp3) is 1.00. The third-order valence-electron chi connectivity index (χ3n) is 2.93. The van der Waals surface area contributed by atoms with Crippen molar-refractivity contribution in [3.05, 3.63) is 0 Å². The predicted molar refractivity (Wildman–Crippen MR) is 69.0 cm³/mol. The van der Waals surface area contributed by atoms with Crippen molar-refractivity contribution in [3.8, 4) is 0 Å². The van der Waals surface area contributed by atoms with Crippen LogP contribution < -0.4 is 24.0 Å². The van der Waals surface area contributed by atoms with Gasteiger partial charge >= 0.3 is 0 Å². The highest BCUT2D eigenvalue weighted by molar-refractivity contribution is 9.09. The maximum Gasteiger partial charge on any atom is 0.0792 e. The zero-order valence-corrected chi connectivity index (χ0v) is 14.3. The van der Waals surface area contributed by atoms with E-state index in [-0.39, 0.29) is 24.0 Å². The third kappa shape index (κ3) is 10.1. The van der Waals surface area contributed by atoms with Crippen molar-refractivity contribution in [1.82, 2.24) is 0 Å². The highest BCUT2D eigenvalue weighted by Crippen LogP contribution is 2.10. The number of rotatable bonds is 9. The summed E-state index contributed by atoms with van der Waals surface area (Å²) in [6.45, 7) is 8.64. The van der Waals surface area contributed by atoms with E-state index in [1.807, 2.05) is 0 Å². The Labute approximate surface area is 122 Å². The molecule has 0 aliphatic heterocycles. The molecule has 15 heavy (non-hydrogen) atoms. The Morgan fingerprint density at radius 1 is 0.867 bits per heavy atom. The van der Waals surface area contributed by atoms with E-state index in [4.69, 9.17) is 0 Å². The van der Waals surface area contributed by atoms with E-state index in [2.05, 4.69) is 36.8 Å². The molecule has 0 amide bonds.